The molecule has 0 spiro atoms. The number of hydrogen-bond acceptors (Lipinski definition) is 4. The normalized spacial score (nSPS) is 10.4. The van der Waals surface area contributed by atoms with E-state index in [-0.39, 0.29) is 16.6 Å². The number of aromatic hydroxyl groups is 2. The predicted octanol–water partition coefficient (Wildman–Crippen LogP) is 1.48. The summed E-state index contributed by atoms with van der Waals surface area (Å²) in [6.45, 7) is -0.166. The van der Waals surface area contributed by atoms with Gasteiger partial charge in [0.05, 0.1) is 0 Å². The van der Waals surface area contributed by atoms with Gasteiger partial charge in [0.2, 0.25) is 0 Å². The van der Waals surface area contributed by atoms with Crippen molar-refractivity contribution in [2.75, 3.05) is 0 Å². The standard InChI is InChI=1S/C7H7BrFNO3/c8-4-1-5(11)7(12)6(9)3(4)2-10-13/h1,10-13H,2H2. The Labute approximate surface area is 81.7 Å². The number of phenolic OH excluding ortho intramolecular Hbond substituents is 2. The van der Waals surface area contributed by atoms with Crippen LogP contribution in [0, 0.1) is 5.82 Å². The fraction of sp³-hybridized carbons (Fsp3) is 0.143. The molecule has 0 aromatic heterocycles. The number of hydrogen-bond donors (Lipinski definition) is 4. The second-order valence-electron chi connectivity index (χ2n) is 2.35. The average Bonchev–Trinajstić information content (AvgIpc) is 2.09. The van der Waals surface area contributed by atoms with Gasteiger partial charge in [-0.3, -0.25) is 0 Å². The molecule has 0 aliphatic carbocycles. The molecule has 0 radical (unpaired) electrons. The molecule has 4 nitrogen and oxygen atoms in total. The molecular weight excluding hydrogens is 245 g/mol. The zero-order valence-electron chi connectivity index (χ0n) is 6.38. The maximum atomic E-state index is 13.1. The Morgan fingerprint density at radius 3 is 2.62 bits per heavy atom. The summed E-state index contributed by atoms with van der Waals surface area (Å²) in [4.78, 5) is 0. The van der Waals surface area contributed by atoms with Gasteiger partial charge in [-0.25, -0.2) is 9.87 Å². The Hall–Kier alpha value is -0.850. The van der Waals surface area contributed by atoms with Gasteiger partial charge in [0.25, 0.3) is 0 Å². The van der Waals surface area contributed by atoms with E-state index in [9.17, 15) is 4.39 Å². The van der Waals surface area contributed by atoms with E-state index in [0.717, 1.165) is 6.07 Å². The van der Waals surface area contributed by atoms with Gasteiger partial charge >= 0.3 is 0 Å². The van der Waals surface area contributed by atoms with E-state index in [1.807, 2.05) is 0 Å². The molecule has 72 valence electrons. The molecule has 0 saturated heterocycles. The van der Waals surface area contributed by atoms with Crippen LogP contribution in [0.15, 0.2) is 10.5 Å². The molecule has 0 aliphatic rings. The van der Waals surface area contributed by atoms with Crippen molar-refractivity contribution in [3.8, 4) is 11.5 Å². The van der Waals surface area contributed by atoms with Crippen LogP contribution < -0.4 is 5.48 Å². The quantitative estimate of drug-likeness (QED) is 0.475. The van der Waals surface area contributed by atoms with Crippen molar-refractivity contribution >= 4 is 15.9 Å². The third-order valence-corrected chi connectivity index (χ3v) is 2.23. The molecule has 1 aromatic rings. The number of rotatable bonds is 2. The van der Waals surface area contributed by atoms with Gasteiger partial charge < -0.3 is 15.4 Å². The van der Waals surface area contributed by atoms with Crippen LogP contribution in [-0.2, 0) is 6.54 Å². The molecule has 0 aliphatic heterocycles. The zero-order chi connectivity index (χ0) is 10.0. The lowest BCUT2D eigenvalue weighted by molar-refractivity contribution is 0.159. The van der Waals surface area contributed by atoms with E-state index in [1.54, 1.807) is 5.48 Å². The van der Waals surface area contributed by atoms with Crippen molar-refractivity contribution in [1.29, 1.82) is 0 Å². The van der Waals surface area contributed by atoms with Gasteiger partial charge in [-0.05, 0) is 6.07 Å². The summed E-state index contributed by atoms with van der Waals surface area (Å²) in [7, 11) is 0. The van der Waals surface area contributed by atoms with E-state index in [2.05, 4.69) is 15.9 Å². The summed E-state index contributed by atoms with van der Waals surface area (Å²) in [6.07, 6.45) is 0. The van der Waals surface area contributed by atoms with Crippen molar-refractivity contribution in [3.05, 3.63) is 21.9 Å². The fourth-order valence-corrected chi connectivity index (χ4v) is 1.41. The second kappa shape index (κ2) is 3.91. The molecule has 4 N–H and O–H groups in total. The van der Waals surface area contributed by atoms with Gasteiger partial charge in [0.1, 0.15) is 0 Å². The van der Waals surface area contributed by atoms with Crippen LogP contribution in [0.2, 0.25) is 0 Å². The maximum Gasteiger partial charge on any atom is 0.194 e. The van der Waals surface area contributed by atoms with Crippen LogP contribution in [-0.4, -0.2) is 15.4 Å². The Balaban J connectivity index is 3.26. The lowest BCUT2D eigenvalue weighted by Gasteiger charge is -2.07. The van der Waals surface area contributed by atoms with Gasteiger partial charge in [-0.1, -0.05) is 15.9 Å². The molecule has 0 heterocycles. The molecule has 0 unspecified atom stereocenters. The van der Waals surface area contributed by atoms with Crippen molar-refractivity contribution < 1.29 is 19.8 Å². The van der Waals surface area contributed by atoms with Crippen LogP contribution in [0.3, 0.4) is 0 Å². The number of nitrogens with one attached hydrogen (secondary N) is 1. The Morgan fingerprint density at radius 1 is 1.46 bits per heavy atom. The van der Waals surface area contributed by atoms with Crippen LogP contribution >= 0.6 is 15.9 Å². The first kappa shape index (κ1) is 10.2. The number of hydroxylamine groups is 1. The largest absolute Gasteiger partial charge is 0.504 e. The molecule has 1 aromatic carbocycles. The average molecular weight is 252 g/mol. The Morgan fingerprint density at radius 2 is 2.08 bits per heavy atom. The van der Waals surface area contributed by atoms with Crippen molar-refractivity contribution in [3.63, 3.8) is 0 Å². The first-order chi connectivity index (χ1) is 6.07. The first-order valence-electron chi connectivity index (χ1n) is 3.33. The monoisotopic (exact) mass is 251 g/mol. The summed E-state index contributed by atoms with van der Waals surface area (Å²) in [5, 5.41) is 26.3. The highest BCUT2D eigenvalue weighted by Crippen LogP contribution is 2.35. The van der Waals surface area contributed by atoms with Gasteiger partial charge in [-0.2, -0.15) is 0 Å². The van der Waals surface area contributed by atoms with Gasteiger partial charge in [0.15, 0.2) is 17.3 Å². The number of phenols is 2. The smallest absolute Gasteiger partial charge is 0.194 e. The number of benzene rings is 1. The fourth-order valence-electron chi connectivity index (χ4n) is 0.877. The van der Waals surface area contributed by atoms with E-state index < -0.39 is 17.3 Å². The van der Waals surface area contributed by atoms with E-state index in [0.29, 0.717) is 0 Å². The third-order valence-electron chi connectivity index (χ3n) is 1.52. The maximum absolute atomic E-state index is 13.1. The molecule has 0 atom stereocenters. The SMILES string of the molecule is ONCc1c(Br)cc(O)c(O)c1F. The molecule has 1 rings (SSSR count). The minimum Gasteiger partial charge on any atom is -0.504 e. The topological polar surface area (TPSA) is 72.7 Å². The second-order valence-corrected chi connectivity index (χ2v) is 3.21. The highest BCUT2D eigenvalue weighted by molar-refractivity contribution is 9.10. The summed E-state index contributed by atoms with van der Waals surface area (Å²) in [6, 6.07) is 1.14. The third kappa shape index (κ3) is 1.90. The Bertz CT molecular complexity index is 332. The minimum absolute atomic E-state index is 0.0396. The molecule has 13 heavy (non-hydrogen) atoms. The van der Waals surface area contributed by atoms with Crippen LogP contribution in [0.4, 0.5) is 4.39 Å². The lowest BCUT2D eigenvalue weighted by atomic mass is 10.2. The van der Waals surface area contributed by atoms with E-state index in [1.165, 1.54) is 0 Å². The highest BCUT2D eigenvalue weighted by Gasteiger charge is 2.15. The number of halogens is 2. The summed E-state index contributed by atoms with van der Waals surface area (Å²) in [5.41, 5.74) is 1.79. The molecule has 6 heteroatoms. The molecule has 0 amide bonds. The van der Waals surface area contributed by atoms with Crippen molar-refractivity contribution in [1.82, 2.24) is 5.48 Å². The van der Waals surface area contributed by atoms with Gasteiger partial charge in [-0.15, -0.1) is 0 Å². The van der Waals surface area contributed by atoms with Crippen LogP contribution in [0.1, 0.15) is 5.56 Å². The minimum atomic E-state index is -0.964. The van der Waals surface area contributed by atoms with E-state index in [4.69, 9.17) is 15.4 Å². The first-order valence-corrected chi connectivity index (χ1v) is 4.13. The molecule has 0 saturated carbocycles. The van der Waals surface area contributed by atoms with Crippen LogP contribution in [0.25, 0.3) is 0 Å². The van der Waals surface area contributed by atoms with Crippen molar-refractivity contribution in [2.24, 2.45) is 0 Å². The molecular formula is C7H7BrFNO3. The van der Waals surface area contributed by atoms with Crippen LogP contribution in [0.5, 0.6) is 11.5 Å². The molecule has 0 fully saturated rings. The molecule has 0 bridgehead atoms. The highest BCUT2D eigenvalue weighted by atomic mass is 79.9. The summed E-state index contributed by atoms with van der Waals surface area (Å²) < 4.78 is 13.4. The summed E-state index contributed by atoms with van der Waals surface area (Å²) in [5.74, 6) is -2.34. The van der Waals surface area contributed by atoms with E-state index >= 15 is 0 Å². The Kier molecular flexibility index (Phi) is 3.07. The van der Waals surface area contributed by atoms with Gasteiger partial charge in [0, 0.05) is 16.6 Å². The lowest BCUT2D eigenvalue weighted by Crippen LogP contribution is -2.08. The zero-order valence-corrected chi connectivity index (χ0v) is 7.97. The predicted molar refractivity (Wildman–Crippen MR) is 46.1 cm³/mol. The van der Waals surface area contributed by atoms with Crippen molar-refractivity contribution in [2.45, 2.75) is 6.54 Å². The summed E-state index contributed by atoms with van der Waals surface area (Å²) >= 11 is 2.97.